The Hall–Kier alpha value is -3.78. The van der Waals surface area contributed by atoms with Crippen molar-refractivity contribution < 1.29 is 9.59 Å². The van der Waals surface area contributed by atoms with Gasteiger partial charge in [-0.1, -0.05) is 76.2 Å². The van der Waals surface area contributed by atoms with Crippen LogP contribution in [-0.4, -0.2) is 11.6 Å². The van der Waals surface area contributed by atoms with Crippen LogP contribution in [0.2, 0.25) is 0 Å². The SMILES string of the molecule is Cc1c2c(c(C)c3c1C(C)(C)c1ccccc1-3)C(C)(C)c1cc3c(cc1-2)C(=O)c1ccccc1C3=O. The molecule has 0 fully saturated rings. The van der Waals surface area contributed by atoms with Crippen LogP contribution < -0.4 is 0 Å². The molecule has 0 spiro atoms. The number of hydrogen-bond donors (Lipinski definition) is 0. The van der Waals surface area contributed by atoms with Crippen molar-refractivity contribution in [1.82, 2.24) is 0 Å². The van der Waals surface area contributed by atoms with Crippen LogP contribution in [0.25, 0.3) is 22.3 Å². The summed E-state index contributed by atoms with van der Waals surface area (Å²) < 4.78 is 0. The van der Waals surface area contributed by atoms with E-state index in [9.17, 15) is 9.59 Å². The minimum atomic E-state index is -0.286. The molecule has 3 aliphatic carbocycles. The molecule has 0 saturated carbocycles. The molecule has 36 heavy (non-hydrogen) atoms. The average Bonchev–Trinajstić information content (AvgIpc) is 3.25. The molecule has 7 rings (SSSR count). The zero-order chi connectivity index (χ0) is 25.3. The first-order valence-corrected chi connectivity index (χ1v) is 12.7. The Labute approximate surface area is 212 Å². The highest BCUT2D eigenvalue weighted by molar-refractivity contribution is 6.29. The summed E-state index contributed by atoms with van der Waals surface area (Å²) in [5.74, 6) is -0.113. The average molecular weight is 469 g/mol. The fourth-order valence-electron chi connectivity index (χ4n) is 7.62. The number of carbonyl (C=O) groups is 2. The molecule has 2 nitrogen and oxygen atoms in total. The summed E-state index contributed by atoms with van der Waals surface area (Å²) >= 11 is 0. The summed E-state index contributed by atoms with van der Waals surface area (Å²) in [6, 6.07) is 20.0. The standard InChI is InChI=1S/C34H28O2/c1-17-27-21-13-9-10-14-25(21)33(3,4)29(27)18(2)28-24-15-22-23(16-26(24)34(5,6)30(17)28)32(36)20-12-8-7-11-19(20)31(22)35/h7-16H,1-6H3. The number of rotatable bonds is 0. The molecule has 0 saturated heterocycles. The molecular weight excluding hydrogens is 440 g/mol. The van der Waals surface area contributed by atoms with Crippen molar-refractivity contribution >= 4 is 11.6 Å². The van der Waals surface area contributed by atoms with Gasteiger partial charge < -0.3 is 0 Å². The van der Waals surface area contributed by atoms with Crippen molar-refractivity contribution in [3.8, 4) is 22.3 Å². The van der Waals surface area contributed by atoms with E-state index in [0.29, 0.717) is 22.3 Å². The number of benzene rings is 4. The molecular formula is C34H28O2. The third-order valence-corrected chi connectivity index (χ3v) is 9.13. The Kier molecular flexibility index (Phi) is 3.88. The van der Waals surface area contributed by atoms with Gasteiger partial charge in [0, 0.05) is 33.1 Å². The Morgan fingerprint density at radius 2 is 0.944 bits per heavy atom. The van der Waals surface area contributed by atoms with Crippen LogP contribution in [0.3, 0.4) is 0 Å². The molecule has 2 heteroatoms. The van der Waals surface area contributed by atoms with E-state index in [0.717, 1.165) is 11.1 Å². The lowest BCUT2D eigenvalue weighted by atomic mass is 9.74. The molecule has 4 aromatic carbocycles. The third-order valence-electron chi connectivity index (χ3n) is 9.13. The molecule has 0 N–H and O–H groups in total. The highest BCUT2D eigenvalue weighted by Gasteiger charge is 2.46. The molecule has 4 aromatic rings. The maximum Gasteiger partial charge on any atom is 0.194 e. The Bertz CT molecular complexity index is 1730. The Balaban J connectivity index is 1.57. The summed E-state index contributed by atoms with van der Waals surface area (Å²) in [7, 11) is 0. The van der Waals surface area contributed by atoms with Crippen LogP contribution in [0.1, 0.15) is 92.9 Å². The lowest BCUT2D eigenvalue weighted by Crippen LogP contribution is -2.23. The molecule has 0 unspecified atom stereocenters. The first kappa shape index (κ1) is 21.5. The fourth-order valence-corrected chi connectivity index (χ4v) is 7.62. The lowest BCUT2D eigenvalue weighted by Gasteiger charge is -2.29. The zero-order valence-corrected chi connectivity index (χ0v) is 21.6. The molecule has 0 aliphatic heterocycles. The second kappa shape index (κ2) is 6.50. The Morgan fingerprint density at radius 3 is 1.53 bits per heavy atom. The first-order chi connectivity index (χ1) is 17.1. The van der Waals surface area contributed by atoms with Crippen molar-refractivity contribution in [3.05, 3.63) is 116 Å². The van der Waals surface area contributed by atoms with E-state index in [2.05, 4.69) is 65.8 Å². The second-order valence-electron chi connectivity index (χ2n) is 11.7. The smallest absolute Gasteiger partial charge is 0.194 e. The monoisotopic (exact) mass is 468 g/mol. The second-order valence-corrected chi connectivity index (χ2v) is 11.7. The molecule has 0 bridgehead atoms. The summed E-state index contributed by atoms with van der Waals surface area (Å²) in [4.78, 5) is 27.1. The Morgan fingerprint density at radius 1 is 0.500 bits per heavy atom. The van der Waals surface area contributed by atoms with Gasteiger partial charge in [-0.2, -0.15) is 0 Å². The minimum absolute atomic E-state index is 0.0549. The summed E-state index contributed by atoms with van der Waals surface area (Å²) in [6.07, 6.45) is 0. The molecule has 0 atom stereocenters. The van der Waals surface area contributed by atoms with Gasteiger partial charge in [0.15, 0.2) is 11.6 Å². The number of hydrogen-bond acceptors (Lipinski definition) is 2. The van der Waals surface area contributed by atoms with Gasteiger partial charge >= 0.3 is 0 Å². The summed E-state index contributed by atoms with van der Waals surface area (Å²) in [5.41, 5.74) is 14.5. The fraction of sp³-hybridized carbons (Fsp3) is 0.235. The summed E-state index contributed by atoms with van der Waals surface area (Å²) in [6.45, 7) is 13.7. The molecule has 0 heterocycles. The lowest BCUT2D eigenvalue weighted by molar-refractivity contribution is 0.0979. The third kappa shape index (κ3) is 2.29. The van der Waals surface area contributed by atoms with Gasteiger partial charge in [0.25, 0.3) is 0 Å². The molecule has 176 valence electrons. The van der Waals surface area contributed by atoms with Gasteiger partial charge in [0.05, 0.1) is 0 Å². The molecule has 0 amide bonds. The van der Waals surface area contributed by atoms with E-state index < -0.39 is 0 Å². The van der Waals surface area contributed by atoms with E-state index >= 15 is 0 Å². The predicted molar refractivity (Wildman–Crippen MR) is 144 cm³/mol. The van der Waals surface area contributed by atoms with Gasteiger partial charge in [0.2, 0.25) is 0 Å². The number of carbonyl (C=O) groups excluding carboxylic acids is 2. The highest BCUT2D eigenvalue weighted by atomic mass is 16.1. The molecule has 0 radical (unpaired) electrons. The van der Waals surface area contributed by atoms with Crippen LogP contribution in [0.15, 0.2) is 60.7 Å². The van der Waals surface area contributed by atoms with E-state index in [1.807, 2.05) is 24.3 Å². The zero-order valence-electron chi connectivity index (χ0n) is 21.6. The summed E-state index contributed by atoms with van der Waals surface area (Å²) in [5, 5.41) is 0. The van der Waals surface area contributed by atoms with Crippen LogP contribution in [0, 0.1) is 13.8 Å². The van der Waals surface area contributed by atoms with Crippen LogP contribution >= 0.6 is 0 Å². The first-order valence-electron chi connectivity index (χ1n) is 12.7. The normalized spacial score (nSPS) is 17.2. The number of ketones is 2. The van der Waals surface area contributed by atoms with Gasteiger partial charge in [-0.05, 0) is 81.6 Å². The van der Waals surface area contributed by atoms with Crippen LogP contribution in [-0.2, 0) is 10.8 Å². The van der Waals surface area contributed by atoms with Crippen molar-refractivity contribution in [2.24, 2.45) is 0 Å². The van der Waals surface area contributed by atoms with Crippen molar-refractivity contribution in [1.29, 1.82) is 0 Å². The largest absolute Gasteiger partial charge is 0.289 e. The van der Waals surface area contributed by atoms with E-state index in [4.69, 9.17) is 0 Å². The number of fused-ring (bicyclic) bond motifs is 8. The minimum Gasteiger partial charge on any atom is -0.289 e. The van der Waals surface area contributed by atoms with Crippen LogP contribution in [0.4, 0.5) is 0 Å². The topological polar surface area (TPSA) is 34.1 Å². The van der Waals surface area contributed by atoms with Crippen molar-refractivity contribution in [2.75, 3.05) is 0 Å². The predicted octanol–water partition coefficient (Wildman–Crippen LogP) is 7.69. The van der Waals surface area contributed by atoms with Gasteiger partial charge in [-0.3, -0.25) is 9.59 Å². The van der Waals surface area contributed by atoms with Crippen LogP contribution in [0.5, 0.6) is 0 Å². The molecule has 0 aromatic heterocycles. The van der Waals surface area contributed by atoms with Gasteiger partial charge in [-0.25, -0.2) is 0 Å². The quantitative estimate of drug-likeness (QED) is 0.233. The maximum atomic E-state index is 13.6. The van der Waals surface area contributed by atoms with Gasteiger partial charge in [-0.15, -0.1) is 0 Å². The van der Waals surface area contributed by atoms with Crippen molar-refractivity contribution in [2.45, 2.75) is 52.4 Å². The van der Waals surface area contributed by atoms with Gasteiger partial charge in [0.1, 0.15) is 0 Å². The molecule has 3 aliphatic rings. The van der Waals surface area contributed by atoms with E-state index in [1.54, 1.807) is 12.1 Å². The highest BCUT2D eigenvalue weighted by Crippen LogP contribution is 2.60. The van der Waals surface area contributed by atoms with E-state index in [1.165, 1.54) is 44.5 Å². The van der Waals surface area contributed by atoms with E-state index in [-0.39, 0.29) is 22.4 Å². The maximum absolute atomic E-state index is 13.6. The van der Waals surface area contributed by atoms with Crippen molar-refractivity contribution in [3.63, 3.8) is 0 Å².